The summed E-state index contributed by atoms with van der Waals surface area (Å²) in [6, 6.07) is 12.6. The third-order valence-electron chi connectivity index (χ3n) is 4.97. The lowest BCUT2D eigenvalue weighted by molar-refractivity contribution is 0.0992. The maximum absolute atomic E-state index is 5.88. The number of aromatic nitrogens is 1. The molecule has 25 heavy (non-hydrogen) atoms. The molecular weight excluding hydrogens is 314 g/mol. The fourth-order valence-corrected chi connectivity index (χ4v) is 3.70. The number of nitrogens with one attached hydrogen (secondary N) is 3. The lowest BCUT2D eigenvalue weighted by Gasteiger charge is -2.22. The SMILES string of the molecule is CN=C(NCCNc1ccc2ccccc2n1)NC1CC2CCC1O2. The molecule has 3 atom stereocenters. The van der Waals surface area contributed by atoms with Gasteiger partial charge in [0.1, 0.15) is 5.82 Å². The molecule has 2 bridgehead atoms. The van der Waals surface area contributed by atoms with E-state index in [0.29, 0.717) is 18.2 Å². The van der Waals surface area contributed by atoms with Gasteiger partial charge in [-0.25, -0.2) is 4.98 Å². The summed E-state index contributed by atoms with van der Waals surface area (Å²) in [6.07, 6.45) is 4.25. The van der Waals surface area contributed by atoms with Crippen LogP contribution in [-0.4, -0.2) is 49.3 Å². The second kappa shape index (κ2) is 7.27. The van der Waals surface area contributed by atoms with E-state index in [1.807, 2.05) is 31.3 Å². The summed E-state index contributed by atoms with van der Waals surface area (Å²) < 4.78 is 5.88. The summed E-state index contributed by atoms with van der Waals surface area (Å²) in [6.45, 7) is 1.55. The Morgan fingerprint density at radius 2 is 2.12 bits per heavy atom. The lowest BCUT2D eigenvalue weighted by Crippen LogP contribution is -2.48. The van der Waals surface area contributed by atoms with Gasteiger partial charge in [0.2, 0.25) is 0 Å². The molecule has 2 aromatic rings. The van der Waals surface area contributed by atoms with Crippen LogP contribution in [-0.2, 0) is 4.74 Å². The van der Waals surface area contributed by atoms with Gasteiger partial charge in [0.15, 0.2) is 5.96 Å². The Hall–Kier alpha value is -2.34. The number of guanidine groups is 1. The highest BCUT2D eigenvalue weighted by Crippen LogP contribution is 2.34. The molecule has 1 aromatic carbocycles. The number of hydrogen-bond acceptors (Lipinski definition) is 4. The van der Waals surface area contributed by atoms with Crippen LogP contribution in [0.25, 0.3) is 10.9 Å². The first-order valence-corrected chi connectivity index (χ1v) is 9.04. The molecule has 0 aliphatic carbocycles. The first kappa shape index (κ1) is 16.1. The van der Waals surface area contributed by atoms with Crippen molar-refractivity contribution in [2.45, 2.75) is 37.5 Å². The van der Waals surface area contributed by atoms with Gasteiger partial charge in [-0.3, -0.25) is 4.99 Å². The van der Waals surface area contributed by atoms with E-state index in [4.69, 9.17) is 4.74 Å². The van der Waals surface area contributed by atoms with Crippen molar-refractivity contribution in [3.63, 3.8) is 0 Å². The average molecular weight is 339 g/mol. The number of fused-ring (bicyclic) bond motifs is 3. The quantitative estimate of drug-likeness (QED) is 0.442. The Morgan fingerprint density at radius 1 is 1.20 bits per heavy atom. The van der Waals surface area contributed by atoms with Crippen LogP contribution in [0.2, 0.25) is 0 Å². The number of nitrogens with zero attached hydrogens (tertiary/aromatic N) is 2. The van der Waals surface area contributed by atoms with E-state index in [9.17, 15) is 0 Å². The van der Waals surface area contributed by atoms with Crippen molar-refractivity contribution in [3.8, 4) is 0 Å². The zero-order valence-electron chi connectivity index (χ0n) is 14.5. The van der Waals surface area contributed by atoms with Crippen LogP contribution >= 0.6 is 0 Å². The number of anilines is 1. The van der Waals surface area contributed by atoms with Gasteiger partial charge in [0.25, 0.3) is 0 Å². The molecule has 0 amide bonds. The molecule has 0 radical (unpaired) electrons. The summed E-state index contributed by atoms with van der Waals surface area (Å²) in [5.74, 6) is 1.74. The van der Waals surface area contributed by atoms with Crippen LogP contribution in [0, 0.1) is 0 Å². The van der Waals surface area contributed by atoms with Gasteiger partial charge < -0.3 is 20.7 Å². The smallest absolute Gasteiger partial charge is 0.191 e. The first-order chi connectivity index (χ1) is 12.3. The monoisotopic (exact) mass is 339 g/mol. The van der Waals surface area contributed by atoms with Crippen LogP contribution in [0.3, 0.4) is 0 Å². The average Bonchev–Trinajstić information content (AvgIpc) is 3.27. The third-order valence-corrected chi connectivity index (χ3v) is 4.97. The van der Waals surface area contributed by atoms with Crippen molar-refractivity contribution in [2.24, 2.45) is 4.99 Å². The van der Waals surface area contributed by atoms with Crippen LogP contribution in [0.4, 0.5) is 5.82 Å². The van der Waals surface area contributed by atoms with Gasteiger partial charge in [0, 0.05) is 25.5 Å². The predicted molar refractivity (Wildman–Crippen MR) is 101 cm³/mol. The fourth-order valence-electron chi connectivity index (χ4n) is 3.70. The Kier molecular flexibility index (Phi) is 4.70. The van der Waals surface area contributed by atoms with Crippen molar-refractivity contribution in [1.82, 2.24) is 15.6 Å². The van der Waals surface area contributed by atoms with Crippen LogP contribution in [0.1, 0.15) is 19.3 Å². The van der Waals surface area contributed by atoms with Crippen molar-refractivity contribution in [3.05, 3.63) is 36.4 Å². The number of aliphatic imine (C=N–C) groups is 1. The molecule has 2 saturated heterocycles. The van der Waals surface area contributed by atoms with Crippen molar-refractivity contribution in [1.29, 1.82) is 0 Å². The van der Waals surface area contributed by atoms with Gasteiger partial charge in [-0.2, -0.15) is 0 Å². The number of hydrogen-bond donors (Lipinski definition) is 3. The Labute approximate surface area is 148 Å². The zero-order valence-corrected chi connectivity index (χ0v) is 14.5. The molecule has 4 rings (SSSR count). The number of pyridine rings is 1. The number of benzene rings is 1. The largest absolute Gasteiger partial charge is 0.373 e. The van der Waals surface area contributed by atoms with Crippen molar-refractivity contribution >= 4 is 22.7 Å². The predicted octanol–water partition coefficient (Wildman–Crippen LogP) is 2.13. The summed E-state index contributed by atoms with van der Waals surface area (Å²) in [4.78, 5) is 8.94. The zero-order chi connectivity index (χ0) is 17.1. The third kappa shape index (κ3) is 3.69. The summed E-state index contributed by atoms with van der Waals surface area (Å²) in [5.41, 5.74) is 1.01. The highest BCUT2D eigenvalue weighted by atomic mass is 16.5. The first-order valence-electron chi connectivity index (χ1n) is 9.04. The van der Waals surface area contributed by atoms with Crippen LogP contribution in [0.5, 0.6) is 0 Å². The van der Waals surface area contributed by atoms with Crippen LogP contribution in [0.15, 0.2) is 41.4 Å². The summed E-state index contributed by atoms with van der Waals surface area (Å²) in [5, 5.41) is 11.4. The van der Waals surface area contributed by atoms with E-state index < -0.39 is 0 Å². The van der Waals surface area contributed by atoms with E-state index in [-0.39, 0.29) is 0 Å². The Morgan fingerprint density at radius 3 is 2.92 bits per heavy atom. The highest BCUT2D eigenvalue weighted by Gasteiger charge is 2.41. The van der Waals surface area contributed by atoms with Crippen molar-refractivity contribution < 1.29 is 4.74 Å². The molecular formula is C19H25N5O. The lowest BCUT2D eigenvalue weighted by atomic mass is 9.96. The molecule has 2 fully saturated rings. The second-order valence-corrected chi connectivity index (χ2v) is 6.68. The molecule has 3 unspecified atom stereocenters. The maximum atomic E-state index is 5.88. The standard InChI is InChI=1S/C19H25N5O/c1-20-19(24-16-12-14-7-8-17(16)25-14)22-11-10-21-18-9-6-13-4-2-3-5-15(13)23-18/h2-6,9,14,16-17H,7-8,10-12H2,1H3,(H,21,23)(H2,20,22,24). The molecule has 132 valence electrons. The molecule has 1 aromatic heterocycles. The van der Waals surface area contributed by atoms with Crippen LogP contribution < -0.4 is 16.0 Å². The number of para-hydroxylation sites is 1. The molecule has 0 spiro atoms. The molecule has 0 saturated carbocycles. The van der Waals surface area contributed by atoms with Gasteiger partial charge in [-0.05, 0) is 37.5 Å². The number of rotatable bonds is 5. The minimum Gasteiger partial charge on any atom is -0.373 e. The van der Waals surface area contributed by atoms with Gasteiger partial charge in [0.05, 0.1) is 23.8 Å². The Bertz CT molecular complexity index is 762. The number of ether oxygens (including phenoxy) is 1. The highest BCUT2D eigenvalue weighted by molar-refractivity contribution is 5.80. The topological polar surface area (TPSA) is 70.6 Å². The molecule has 6 heteroatoms. The van der Waals surface area contributed by atoms with Gasteiger partial charge in [-0.15, -0.1) is 0 Å². The Balaban J connectivity index is 1.23. The van der Waals surface area contributed by atoms with E-state index >= 15 is 0 Å². The summed E-state index contributed by atoms with van der Waals surface area (Å²) >= 11 is 0. The van der Waals surface area contributed by atoms with Crippen molar-refractivity contribution in [2.75, 3.05) is 25.5 Å². The second-order valence-electron chi connectivity index (χ2n) is 6.68. The van der Waals surface area contributed by atoms with E-state index in [2.05, 4.69) is 38.1 Å². The van der Waals surface area contributed by atoms with E-state index in [1.165, 1.54) is 6.42 Å². The van der Waals surface area contributed by atoms with E-state index in [0.717, 1.165) is 48.6 Å². The molecule has 3 N–H and O–H groups in total. The minimum absolute atomic E-state index is 0.350. The van der Waals surface area contributed by atoms with Gasteiger partial charge >= 0.3 is 0 Å². The van der Waals surface area contributed by atoms with E-state index in [1.54, 1.807) is 0 Å². The maximum Gasteiger partial charge on any atom is 0.191 e. The minimum atomic E-state index is 0.350. The van der Waals surface area contributed by atoms with Gasteiger partial charge in [-0.1, -0.05) is 18.2 Å². The molecule has 6 nitrogen and oxygen atoms in total. The normalized spacial score (nSPS) is 25.3. The molecule has 2 aliphatic heterocycles. The molecule has 2 aliphatic rings. The molecule has 3 heterocycles. The fraction of sp³-hybridized carbons (Fsp3) is 0.474. The summed E-state index contributed by atoms with van der Waals surface area (Å²) in [7, 11) is 1.81.